The summed E-state index contributed by atoms with van der Waals surface area (Å²) in [4.78, 5) is 4.49. The molecule has 0 aromatic heterocycles. The normalized spacial score (nSPS) is 23.9. The van der Waals surface area contributed by atoms with Crippen LogP contribution in [0.2, 0.25) is 0 Å². The molecule has 0 saturated heterocycles. The van der Waals surface area contributed by atoms with Gasteiger partial charge in [-0.05, 0) is 38.3 Å². The van der Waals surface area contributed by atoms with Gasteiger partial charge in [0.1, 0.15) is 5.75 Å². The van der Waals surface area contributed by atoms with Crippen molar-refractivity contribution in [3.05, 3.63) is 29.3 Å². The summed E-state index contributed by atoms with van der Waals surface area (Å²) in [6, 6.07) is 5.95. The van der Waals surface area contributed by atoms with Crippen molar-refractivity contribution >= 4 is 6.21 Å². The fourth-order valence-corrected chi connectivity index (χ4v) is 1.99. The van der Waals surface area contributed by atoms with Gasteiger partial charge >= 0.3 is 0 Å². The van der Waals surface area contributed by atoms with Crippen molar-refractivity contribution in [3.63, 3.8) is 0 Å². The Morgan fingerprint density at radius 2 is 2.29 bits per heavy atom. The second-order valence-electron chi connectivity index (χ2n) is 4.43. The van der Waals surface area contributed by atoms with Crippen LogP contribution in [-0.4, -0.2) is 30.1 Å². The van der Waals surface area contributed by atoms with Gasteiger partial charge in [-0.3, -0.25) is 4.99 Å². The maximum absolute atomic E-state index is 9.85. The van der Waals surface area contributed by atoms with Crippen molar-refractivity contribution < 1.29 is 9.84 Å². The Hall–Kier alpha value is -1.35. The molecule has 0 amide bonds. The van der Waals surface area contributed by atoms with Gasteiger partial charge in [0.05, 0.1) is 12.1 Å². The first-order valence-corrected chi connectivity index (χ1v) is 6.15. The summed E-state index contributed by atoms with van der Waals surface area (Å²) in [5, 5.41) is 9.85. The Kier molecular flexibility index (Phi) is 3.79. The van der Waals surface area contributed by atoms with Crippen LogP contribution in [0.15, 0.2) is 23.2 Å². The highest BCUT2D eigenvalue weighted by molar-refractivity contribution is 5.84. The highest BCUT2D eigenvalue weighted by Crippen LogP contribution is 2.27. The molecule has 1 aromatic rings. The van der Waals surface area contributed by atoms with Crippen LogP contribution < -0.4 is 0 Å². The summed E-state index contributed by atoms with van der Waals surface area (Å²) in [5.41, 5.74) is 1.66. The first kappa shape index (κ1) is 12.1. The zero-order valence-electron chi connectivity index (χ0n) is 10.4. The number of hydrogen-bond donors (Lipinski definition) is 1. The summed E-state index contributed by atoms with van der Waals surface area (Å²) >= 11 is 0. The third kappa shape index (κ3) is 2.67. The van der Waals surface area contributed by atoms with Crippen LogP contribution in [0.3, 0.4) is 0 Å². The van der Waals surface area contributed by atoms with Crippen molar-refractivity contribution in [2.45, 2.75) is 38.8 Å². The zero-order chi connectivity index (χ0) is 12.3. The highest BCUT2D eigenvalue weighted by Gasteiger charge is 2.30. The molecule has 1 aliphatic rings. The van der Waals surface area contributed by atoms with Crippen LogP contribution in [0.4, 0.5) is 0 Å². The Morgan fingerprint density at radius 1 is 1.47 bits per heavy atom. The first-order chi connectivity index (χ1) is 8.22. The molecule has 0 spiro atoms. The lowest BCUT2D eigenvalue weighted by Gasteiger charge is -2.33. The van der Waals surface area contributed by atoms with Gasteiger partial charge in [0.25, 0.3) is 0 Å². The molecule has 0 aliphatic heterocycles. The first-order valence-electron chi connectivity index (χ1n) is 6.15. The maximum atomic E-state index is 9.85. The van der Waals surface area contributed by atoms with Gasteiger partial charge in [-0.15, -0.1) is 0 Å². The quantitative estimate of drug-likeness (QED) is 0.812. The predicted molar refractivity (Wildman–Crippen MR) is 68.9 cm³/mol. The van der Waals surface area contributed by atoms with Gasteiger partial charge in [0, 0.05) is 18.4 Å². The minimum Gasteiger partial charge on any atom is -0.507 e. The van der Waals surface area contributed by atoms with Gasteiger partial charge in [-0.1, -0.05) is 12.1 Å². The lowest BCUT2D eigenvalue weighted by Crippen LogP contribution is -2.37. The van der Waals surface area contributed by atoms with Crippen LogP contribution in [-0.2, 0) is 4.74 Å². The number of aromatic hydroxyl groups is 1. The summed E-state index contributed by atoms with van der Waals surface area (Å²) < 4.78 is 5.56. The third-order valence-corrected chi connectivity index (χ3v) is 3.23. The molecule has 1 N–H and O–H groups in total. The fraction of sp³-hybridized carbons (Fsp3) is 0.500. The van der Waals surface area contributed by atoms with Crippen LogP contribution in [0.5, 0.6) is 5.75 Å². The third-order valence-electron chi connectivity index (χ3n) is 3.23. The van der Waals surface area contributed by atoms with E-state index in [1.165, 1.54) is 0 Å². The topological polar surface area (TPSA) is 41.8 Å². The molecule has 0 bridgehead atoms. The monoisotopic (exact) mass is 233 g/mol. The summed E-state index contributed by atoms with van der Waals surface area (Å²) in [7, 11) is 0. The minimum atomic E-state index is 0.259. The van der Waals surface area contributed by atoms with E-state index in [4.69, 9.17) is 4.74 Å². The average molecular weight is 233 g/mol. The fourth-order valence-electron chi connectivity index (χ4n) is 1.99. The number of rotatable bonds is 4. The van der Waals surface area contributed by atoms with Gasteiger partial charge in [-0.25, -0.2) is 0 Å². The molecule has 3 heteroatoms. The number of nitrogens with zero attached hydrogens (tertiary/aromatic N) is 1. The van der Waals surface area contributed by atoms with E-state index in [1.54, 1.807) is 6.21 Å². The van der Waals surface area contributed by atoms with Crippen molar-refractivity contribution in [1.82, 2.24) is 0 Å². The number of phenolic OH excluding ortho intramolecular Hbond substituents is 1. The standard InChI is InChI=1S/C14H19NO2/c1-3-17-13-8-7-12(13)15-9-11-6-4-5-10(2)14(11)16/h4-6,9,12-13,16H,3,7-8H2,1-2H3. The molecule has 3 nitrogen and oxygen atoms in total. The largest absolute Gasteiger partial charge is 0.507 e. The van der Waals surface area contributed by atoms with E-state index < -0.39 is 0 Å². The van der Waals surface area contributed by atoms with E-state index in [1.807, 2.05) is 32.0 Å². The molecular weight excluding hydrogens is 214 g/mol. The Labute approximate surface area is 102 Å². The second kappa shape index (κ2) is 5.32. The summed E-state index contributed by atoms with van der Waals surface area (Å²) in [6.45, 7) is 4.64. The zero-order valence-corrected chi connectivity index (χ0v) is 10.4. The van der Waals surface area contributed by atoms with Crippen LogP contribution >= 0.6 is 0 Å². The number of aliphatic imine (C=N–C) groups is 1. The van der Waals surface area contributed by atoms with Crippen molar-refractivity contribution in [3.8, 4) is 5.75 Å². The number of benzene rings is 1. The van der Waals surface area contributed by atoms with E-state index >= 15 is 0 Å². The van der Waals surface area contributed by atoms with Gasteiger partial charge in [0.15, 0.2) is 0 Å². The molecule has 17 heavy (non-hydrogen) atoms. The van der Waals surface area contributed by atoms with E-state index in [2.05, 4.69) is 4.99 Å². The smallest absolute Gasteiger partial charge is 0.127 e. The summed E-state index contributed by atoms with van der Waals surface area (Å²) in [6.07, 6.45) is 4.20. The Balaban J connectivity index is 2.03. The predicted octanol–water partition coefficient (Wildman–Crippen LogP) is 2.69. The molecule has 1 aliphatic carbocycles. The van der Waals surface area contributed by atoms with Crippen LogP contribution in [0.25, 0.3) is 0 Å². The van der Waals surface area contributed by atoms with Gasteiger partial charge < -0.3 is 9.84 Å². The van der Waals surface area contributed by atoms with Crippen molar-refractivity contribution in [2.75, 3.05) is 6.61 Å². The Bertz CT molecular complexity index is 415. The van der Waals surface area contributed by atoms with E-state index in [-0.39, 0.29) is 12.1 Å². The van der Waals surface area contributed by atoms with E-state index in [0.29, 0.717) is 5.75 Å². The highest BCUT2D eigenvalue weighted by atomic mass is 16.5. The van der Waals surface area contributed by atoms with E-state index in [0.717, 1.165) is 30.6 Å². The maximum Gasteiger partial charge on any atom is 0.127 e. The lowest BCUT2D eigenvalue weighted by atomic mass is 9.89. The molecule has 2 unspecified atom stereocenters. The molecule has 2 atom stereocenters. The molecule has 0 heterocycles. The second-order valence-corrected chi connectivity index (χ2v) is 4.43. The molecule has 1 fully saturated rings. The number of para-hydroxylation sites is 1. The van der Waals surface area contributed by atoms with E-state index in [9.17, 15) is 5.11 Å². The lowest BCUT2D eigenvalue weighted by molar-refractivity contribution is -0.00627. The molecule has 2 rings (SSSR count). The van der Waals surface area contributed by atoms with Gasteiger partial charge in [-0.2, -0.15) is 0 Å². The molecular formula is C14H19NO2. The van der Waals surface area contributed by atoms with Gasteiger partial charge in [0.2, 0.25) is 0 Å². The van der Waals surface area contributed by atoms with Crippen molar-refractivity contribution in [1.29, 1.82) is 0 Å². The number of ether oxygens (including phenoxy) is 1. The molecule has 1 aromatic carbocycles. The van der Waals surface area contributed by atoms with Crippen LogP contribution in [0, 0.1) is 6.92 Å². The minimum absolute atomic E-state index is 0.259. The SMILES string of the molecule is CCOC1CCC1N=Cc1cccc(C)c1O. The Morgan fingerprint density at radius 3 is 2.94 bits per heavy atom. The number of aryl methyl sites for hydroxylation is 1. The molecule has 1 saturated carbocycles. The molecule has 92 valence electrons. The molecule has 0 radical (unpaired) electrons. The van der Waals surface area contributed by atoms with Crippen molar-refractivity contribution in [2.24, 2.45) is 4.99 Å². The number of phenols is 1. The van der Waals surface area contributed by atoms with Crippen LogP contribution in [0.1, 0.15) is 30.9 Å². The summed E-state index contributed by atoms with van der Waals surface area (Å²) in [5.74, 6) is 0.323. The number of hydrogen-bond acceptors (Lipinski definition) is 3. The average Bonchev–Trinajstić information content (AvgIpc) is 2.30.